The van der Waals surface area contributed by atoms with Gasteiger partial charge in [0.25, 0.3) is 0 Å². The van der Waals surface area contributed by atoms with Gasteiger partial charge in [0.05, 0.1) is 0 Å². The molecular formula is C9H7NO2. The van der Waals surface area contributed by atoms with E-state index in [4.69, 9.17) is 5.11 Å². The zero-order chi connectivity index (χ0) is 8.55. The molecule has 0 amide bonds. The second kappa shape index (κ2) is 2.53. The average Bonchev–Trinajstić information content (AvgIpc) is 2.12. The molecule has 0 unspecified atom stereocenters. The van der Waals surface area contributed by atoms with Crippen LogP contribution in [0.3, 0.4) is 0 Å². The van der Waals surface area contributed by atoms with Crippen LogP contribution < -0.4 is 0 Å². The van der Waals surface area contributed by atoms with E-state index in [0.29, 0.717) is 5.56 Å². The van der Waals surface area contributed by atoms with E-state index in [-0.39, 0.29) is 5.78 Å². The van der Waals surface area contributed by atoms with Gasteiger partial charge in [-0.1, -0.05) is 24.3 Å². The minimum Gasteiger partial charge on any atom is -0.365 e. The van der Waals surface area contributed by atoms with Crippen LogP contribution in [0.25, 0.3) is 0 Å². The van der Waals surface area contributed by atoms with Gasteiger partial charge in [0.15, 0.2) is 0 Å². The number of aliphatic imine (C=N–C) groups is 1. The second-order valence-electron chi connectivity index (χ2n) is 2.60. The molecule has 1 aliphatic heterocycles. The van der Waals surface area contributed by atoms with Crippen molar-refractivity contribution in [2.75, 3.05) is 0 Å². The minimum absolute atomic E-state index is 0.326. The van der Waals surface area contributed by atoms with Gasteiger partial charge >= 0.3 is 0 Å². The highest BCUT2D eigenvalue weighted by Crippen LogP contribution is 2.14. The van der Waals surface area contributed by atoms with E-state index in [2.05, 4.69) is 4.99 Å². The Morgan fingerprint density at radius 3 is 2.92 bits per heavy atom. The standard InChI is InChI=1S/C9H7NO2/c11-8-7-4-2-1-3-6(7)5-10-9(8)12/h1-5,9,12H/t9-/m1/s1. The molecule has 1 atom stereocenters. The lowest BCUT2D eigenvalue weighted by molar-refractivity contribution is 0.0760. The van der Waals surface area contributed by atoms with Crippen LogP contribution in [0.5, 0.6) is 0 Å². The number of aliphatic hydroxyl groups is 1. The first-order valence-electron chi connectivity index (χ1n) is 3.63. The molecular weight excluding hydrogens is 154 g/mol. The number of carbonyl (C=O) groups excluding carboxylic acids is 1. The lowest BCUT2D eigenvalue weighted by Crippen LogP contribution is -2.23. The van der Waals surface area contributed by atoms with Gasteiger partial charge in [-0.2, -0.15) is 0 Å². The lowest BCUT2D eigenvalue weighted by Gasteiger charge is -2.11. The summed E-state index contributed by atoms with van der Waals surface area (Å²) in [6.07, 6.45) is 0.307. The van der Waals surface area contributed by atoms with Crippen molar-refractivity contribution >= 4 is 12.0 Å². The van der Waals surface area contributed by atoms with Crippen molar-refractivity contribution in [1.29, 1.82) is 0 Å². The zero-order valence-electron chi connectivity index (χ0n) is 6.27. The summed E-state index contributed by atoms with van der Waals surface area (Å²) >= 11 is 0. The predicted molar refractivity (Wildman–Crippen MR) is 44.4 cm³/mol. The number of nitrogens with zero attached hydrogens (tertiary/aromatic N) is 1. The van der Waals surface area contributed by atoms with Gasteiger partial charge in [0.2, 0.25) is 12.0 Å². The van der Waals surface area contributed by atoms with Crippen molar-refractivity contribution in [3.8, 4) is 0 Å². The molecule has 1 N–H and O–H groups in total. The third-order valence-electron chi connectivity index (χ3n) is 1.82. The Hall–Kier alpha value is -1.48. The number of hydrogen-bond acceptors (Lipinski definition) is 3. The Labute approximate surface area is 69.4 Å². The van der Waals surface area contributed by atoms with Crippen LogP contribution in [0.15, 0.2) is 29.3 Å². The smallest absolute Gasteiger partial charge is 0.214 e. The molecule has 1 aromatic carbocycles. The van der Waals surface area contributed by atoms with Gasteiger partial charge < -0.3 is 5.11 Å². The Morgan fingerprint density at radius 2 is 2.08 bits per heavy atom. The molecule has 0 saturated heterocycles. The molecule has 1 aliphatic rings. The molecule has 1 heterocycles. The highest BCUT2D eigenvalue weighted by molar-refractivity contribution is 6.08. The number of carbonyl (C=O) groups is 1. The van der Waals surface area contributed by atoms with Crippen LogP contribution in [-0.2, 0) is 0 Å². The molecule has 0 bridgehead atoms. The summed E-state index contributed by atoms with van der Waals surface area (Å²) < 4.78 is 0. The topological polar surface area (TPSA) is 49.7 Å². The van der Waals surface area contributed by atoms with Crippen molar-refractivity contribution < 1.29 is 9.90 Å². The number of aliphatic hydroxyl groups excluding tert-OH is 1. The van der Waals surface area contributed by atoms with Crippen LogP contribution in [0.4, 0.5) is 0 Å². The summed E-state index contributed by atoms with van der Waals surface area (Å²) in [6.45, 7) is 0. The average molecular weight is 161 g/mol. The molecule has 0 fully saturated rings. The normalized spacial score (nSPS) is 20.8. The van der Waals surface area contributed by atoms with Crippen LogP contribution in [0, 0.1) is 0 Å². The maximum absolute atomic E-state index is 11.3. The van der Waals surface area contributed by atoms with E-state index in [1.165, 1.54) is 6.21 Å². The van der Waals surface area contributed by atoms with Crippen molar-refractivity contribution in [3.63, 3.8) is 0 Å². The Balaban J connectivity index is 2.59. The quantitative estimate of drug-likeness (QED) is 0.606. The predicted octanol–water partition coefficient (Wildman–Crippen LogP) is 0.620. The fraction of sp³-hybridized carbons (Fsp3) is 0.111. The Kier molecular flexibility index (Phi) is 1.52. The van der Waals surface area contributed by atoms with Crippen molar-refractivity contribution in [3.05, 3.63) is 35.4 Å². The third kappa shape index (κ3) is 0.950. The molecule has 0 spiro atoms. The van der Waals surface area contributed by atoms with Gasteiger partial charge in [-0.15, -0.1) is 0 Å². The fourth-order valence-electron chi connectivity index (χ4n) is 1.19. The number of rotatable bonds is 0. The van der Waals surface area contributed by atoms with Crippen LogP contribution in [0.2, 0.25) is 0 Å². The molecule has 1 aromatic rings. The first-order chi connectivity index (χ1) is 5.79. The van der Waals surface area contributed by atoms with E-state index in [1.54, 1.807) is 18.2 Å². The van der Waals surface area contributed by atoms with Gasteiger partial charge in [-0.05, 0) is 0 Å². The van der Waals surface area contributed by atoms with Gasteiger partial charge in [-0.25, -0.2) is 0 Å². The van der Waals surface area contributed by atoms with Crippen molar-refractivity contribution in [2.45, 2.75) is 6.23 Å². The first-order valence-corrected chi connectivity index (χ1v) is 3.63. The first kappa shape index (κ1) is 7.18. The molecule has 0 saturated carbocycles. The van der Waals surface area contributed by atoms with Gasteiger partial charge in [0, 0.05) is 17.3 Å². The maximum Gasteiger partial charge on any atom is 0.214 e. The Morgan fingerprint density at radius 1 is 1.33 bits per heavy atom. The number of hydrogen-bond donors (Lipinski definition) is 1. The molecule has 60 valence electrons. The second-order valence-corrected chi connectivity index (χ2v) is 2.60. The van der Waals surface area contributed by atoms with E-state index < -0.39 is 6.23 Å². The number of benzene rings is 1. The van der Waals surface area contributed by atoms with Gasteiger partial charge in [0.1, 0.15) is 0 Å². The fourth-order valence-corrected chi connectivity index (χ4v) is 1.19. The summed E-state index contributed by atoms with van der Waals surface area (Å²) in [7, 11) is 0. The molecule has 2 rings (SSSR count). The summed E-state index contributed by atoms with van der Waals surface area (Å²) in [5.41, 5.74) is 1.31. The molecule has 3 heteroatoms. The maximum atomic E-state index is 11.3. The number of ketones is 1. The number of Topliss-reactive ketones (excluding diaryl/α,β-unsaturated/α-hetero) is 1. The van der Waals surface area contributed by atoms with Crippen molar-refractivity contribution in [2.24, 2.45) is 4.99 Å². The molecule has 3 nitrogen and oxygen atoms in total. The lowest BCUT2D eigenvalue weighted by atomic mass is 10.0. The van der Waals surface area contributed by atoms with Crippen LogP contribution in [0.1, 0.15) is 15.9 Å². The van der Waals surface area contributed by atoms with E-state index in [0.717, 1.165) is 5.56 Å². The molecule has 0 aromatic heterocycles. The minimum atomic E-state index is -1.21. The molecule has 12 heavy (non-hydrogen) atoms. The number of fused-ring (bicyclic) bond motifs is 1. The SMILES string of the molecule is O=C1c2ccccc2C=N[C@@H]1O. The van der Waals surface area contributed by atoms with E-state index in [9.17, 15) is 4.79 Å². The summed E-state index contributed by atoms with van der Waals surface area (Å²) in [6, 6.07) is 7.08. The summed E-state index contributed by atoms with van der Waals surface area (Å²) in [4.78, 5) is 14.9. The molecule has 0 aliphatic carbocycles. The van der Waals surface area contributed by atoms with Crippen molar-refractivity contribution in [1.82, 2.24) is 0 Å². The molecule has 0 radical (unpaired) electrons. The largest absolute Gasteiger partial charge is 0.365 e. The summed E-state index contributed by atoms with van der Waals surface area (Å²) in [5, 5.41) is 9.08. The highest BCUT2D eigenvalue weighted by Gasteiger charge is 2.21. The summed E-state index contributed by atoms with van der Waals surface area (Å²) in [5.74, 6) is -0.326. The Bertz CT molecular complexity index is 357. The zero-order valence-corrected chi connectivity index (χ0v) is 6.27. The monoisotopic (exact) mass is 161 g/mol. The van der Waals surface area contributed by atoms with E-state index >= 15 is 0 Å². The van der Waals surface area contributed by atoms with Gasteiger partial charge in [-0.3, -0.25) is 9.79 Å². The van der Waals surface area contributed by atoms with Crippen LogP contribution in [-0.4, -0.2) is 23.3 Å². The van der Waals surface area contributed by atoms with E-state index in [1.807, 2.05) is 6.07 Å². The highest BCUT2D eigenvalue weighted by atomic mass is 16.3. The van der Waals surface area contributed by atoms with Crippen LogP contribution >= 0.6 is 0 Å². The third-order valence-corrected chi connectivity index (χ3v) is 1.82.